The van der Waals surface area contributed by atoms with Gasteiger partial charge >= 0.3 is 0 Å². The van der Waals surface area contributed by atoms with Crippen molar-refractivity contribution < 1.29 is 4.55 Å². The predicted octanol–water partition coefficient (Wildman–Crippen LogP) is 3.90. The Balaban J connectivity index is 1.84. The molecule has 4 rings (SSSR count). The summed E-state index contributed by atoms with van der Waals surface area (Å²) in [6.45, 7) is 0.905. The Hall–Kier alpha value is -1.56. The van der Waals surface area contributed by atoms with Crippen molar-refractivity contribution in [1.82, 2.24) is 15.0 Å². The van der Waals surface area contributed by atoms with Crippen molar-refractivity contribution in [3.05, 3.63) is 41.4 Å². The molecule has 4 nitrogen and oxygen atoms in total. The summed E-state index contributed by atoms with van der Waals surface area (Å²) in [7, 11) is 0. The first-order chi connectivity index (χ1) is 11.1. The van der Waals surface area contributed by atoms with Gasteiger partial charge in [0.25, 0.3) is 0 Å². The lowest BCUT2D eigenvalue weighted by Crippen LogP contribution is -2.02. The Morgan fingerprint density at radius 2 is 2.00 bits per heavy atom. The lowest BCUT2D eigenvalue weighted by Gasteiger charge is -2.11. The molecule has 0 spiro atoms. The monoisotopic (exact) mass is 345 g/mol. The highest BCUT2D eigenvalue weighted by molar-refractivity contribution is 7.90. The fourth-order valence-corrected chi connectivity index (χ4v) is 3.89. The van der Waals surface area contributed by atoms with Gasteiger partial charge in [-0.3, -0.25) is 0 Å². The number of rotatable bonds is 4. The van der Waals surface area contributed by atoms with Gasteiger partial charge in [0.15, 0.2) is 4.90 Å². The maximum Gasteiger partial charge on any atom is 0.160 e. The molecular formula is C17H16ClN3OS. The predicted molar refractivity (Wildman–Crippen MR) is 93.0 cm³/mol. The molecule has 1 heterocycles. The first-order valence-electron chi connectivity index (χ1n) is 7.59. The first-order valence-corrected chi connectivity index (χ1v) is 9.53. The Kier molecular flexibility index (Phi) is 3.79. The normalized spacial score (nSPS) is 16.0. The molecule has 1 aliphatic rings. The van der Waals surface area contributed by atoms with Gasteiger partial charge in [-0.2, -0.15) is 0 Å². The van der Waals surface area contributed by atoms with E-state index in [1.807, 2.05) is 41.1 Å². The topological polar surface area (TPSA) is 53.8 Å². The second-order valence-corrected chi connectivity index (χ2v) is 7.69. The smallest absolute Gasteiger partial charge is 0.160 e. The van der Waals surface area contributed by atoms with E-state index in [0.29, 0.717) is 10.5 Å². The minimum Gasteiger partial charge on any atom is -0.612 e. The second-order valence-electron chi connectivity index (χ2n) is 5.96. The van der Waals surface area contributed by atoms with Crippen molar-refractivity contribution in [1.29, 1.82) is 0 Å². The van der Waals surface area contributed by atoms with Gasteiger partial charge in [0, 0.05) is 17.7 Å². The van der Waals surface area contributed by atoms with E-state index in [1.54, 1.807) is 6.26 Å². The van der Waals surface area contributed by atoms with Crippen molar-refractivity contribution >= 4 is 33.8 Å². The van der Waals surface area contributed by atoms with E-state index < -0.39 is 11.2 Å². The molecule has 3 aromatic rings. The summed E-state index contributed by atoms with van der Waals surface area (Å²) in [6.07, 6.45) is 4.21. The van der Waals surface area contributed by atoms with Gasteiger partial charge in [-0.25, -0.2) is 4.68 Å². The third-order valence-corrected chi connectivity index (χ3v) is 5.60. The van der Waals surface area contributed by atoms with Crippen LogP contribution in [0.25, 0.3) is 22.2 Å². The number of benzene rings is 2. The SMILES string of the molecule is C[S+]([O-])c1ccccc1-c1ccc2c(nnn2CC2CC2)c1Cl. The summed E-state index contributed by atoms with van der Waals surface area (Å²) in [6, 6.07) is 11.6. The van der Waals surface area contributed by atoms with Crippen LogP contribution in [-0.2, 0) is 17.7 Å². The van der Waals surface area contributed by atoms with Crippen LogP contribution in [0.2, 0.25) is 5.02 Å². The van der Waals surface area contributed by atoms with Gasteiger partial charge in [-0.05, 0) is 48.1 Å². The van der Waals surface area contributed by atoms with E-state index in [4.69, 9.17) is 11.6 Å². The van der Waals surface area contributed by atoms with Crippen LogP contribution >= 0.6 is 11.6 Å². The molecule has 6 heteroatoms. The Bertz CT molecular complexity index is 873. The van der Waals surface area contributed by atoms with Crippen LogP contribution in [0.4, 0.5) is 0 Å². The molecule has 2 aromatic carbocycles. The lowest BCUT2D eigenvalue weighted by molar-refractivity contribution is 0.559. The fourth-order valence-electron chi connectivity index (χ4n) is 2.83. The highest BCUT2D eigenvalue weighted by Gasteiger charge is 2.24. The van der Waals surface area contributed by atoms with Gasteiger partial charge in [-0.1, -0.05) is 35.0 Å². The van der Waals surface area contributed by atoms with E-state index in [-0.39, 0.29) is 0 Å². The number of nitrogens with zero attached hydrogens (tertiary/aromatic N) is 3. The zero-order valence-corrected chi connectivity index (χ0v) is 14.3. The van der Waals surface area contributed by atoms with Crippen molar-refractivity contribution in [3.63, 3.8) is 0 Å². The third kappa shape index (κ3) is 2.73. The van der Waals surface area contributed by atoms with Crippen molar-refractivity contribution in [2.24, 2.45) is 5.92 Å². The largest absolute Gasteiger partial charge is 0.612 e. The molecule has 1 aliphatic carbocycles. The summed E-state index contributed by atoms with van der Waals surface area (Å²) < 4.78 is 13.9. The summed E-state index contributed by atoms with van der Waals surface area (Å²) in [5, 5.41) is 9.09. The molecule has 1 atom stereocenters. The van der Waals surface area contributed by atoms with E-state index in [0.717, 1.165) is 34.0 Å². The number of fused-ring (bicyclic) bond motifs is 1. The molecule has 0 saturated heterocycles. The molecule has 0 aliphatic heterocycles. The van der Waals surface area contributed by atoms with Gasteiger partial charge in [0.2, 0.25) is 0 Å². The summed E-state index contributed by atoms with van der Waals surface area (Å²) in [5.74, 6) is 0.724. The standard InChI is InChI=1S/C17H16ClN3OS/c1-23(22)15-5-3-2-4-12(15)13-8-9-14-17(16(13)18)19-20-21(14)10-11-6-7-11/h2-5,8-9,11H,6-7,10H2,1H3. The molecule has 1 unspecified atom stereocenters. The van der Waals surface area contributed by atoms with Crippen LogP contribution in [0.1, 0.15) is 12.8 Å². The van der Waals surface area contributed by atoms with Gasteiger partial charge in [0.1, 0.15) is 11.8 Å². The average molecular weight is 346 g/mol. The molecule has 118 valence electrons. The Morgan fingerprint density at radius 1 is 1.22 bits per heavy atom. The number of halogens is 1. The molecule has 1 aromatic heterocycles. The van der Waals surface area contributed by atoms with Crippen LogP contribution in [0.15, 0.2) is 41.3 Å². The van der Waals surface area contributed by atoms with Crippen LogP contribution < -0.4 is 0 Å². The Morgan fingerprint density at radius 3 is 2.74 bits per heavy atom. The van der Waals surface area contributed by atoms with Gasteiger partial charge in [-0.15, -0.1) is 5.10 Å². The Labute approximate surface area is 142 Å². The molecule has 0 amide bonds. The lowest BCUT2D eigenvalue weighted by atomic mass is 10.0. The third-order valence-electron chi connectivity index (χ3n) is 4.24. The van der Waals surface area contributed by atoms with Crippen LogP contribution in [0, 0.1) is 5.92 Å². The molecule has 0 N–H and O–H groups in total. The zero-order valence-electron chi connectivity index (χ0n) is 12.7. The summed E-state index contributed by atoms with van der Waals surface area (Å²) >= 11 is 5.53. The number of aromatic nitrogens is 3. The van der Waals surface area contributed by atoms with Crippen LogP contribution in [0.5, 0.6) is 0 Å². The van der Waals surface area contributed by atoms with Crippen LogP contribution in [0.3, 0.4) is 0 Å². The number of hydrogen-bond donors (Lipinski definition) is 0. The molecule has 1 saturated carbocycles. The minimum atomic E-state index is -1.08. The highest BCUT2D eigenvalue weighted by atomic mass is 35.5. The van der Waals surface area contributed by atoms with Crippen molar-refractivity contribution in [3.8, 4) is 11.1 Å². The molecule has 1 fully saturated rings. The minimum absolute atomic E-state index is 0.572. The number of hydrogen-bond acceptors (Lipinski definition) is 3. The average Bonchev–Trinajstić information content (AvgIpc) is 3.27. The maximum atomic E-state index is 12.0. The molecule has 23 heavy (non-hydrogen) atoms. The second kappa shape index (κ2) is 5.82. The summed E-state index contributed by atoms with van der Waals surface area (Å²) in [5.41, 5.74) is 3.41. The molecular weight excluding hydrogens is 330 g/mol. The first kappa shape index (κ1) is 15.0. The quantitative estimate of drug-likeness (QED) is 0.674. The van der Waals surface area contributed by atoms with E-state index in [2.05, 4.69) is 10.3 Å². The molecule has 0 radical (unpaired) electrons. The van der Waals surface area contributed by atoms with E-state index in [1.165, 1.54) is 12.8 Å². The van der Waals surface area contributed by atoms with Crippen molar-refractivity contribution in [2.75, 3.05) is 6.26 Å². The summed E-state index contributed by atoms with van der Waals surface area (Å²) in [4.78, 5) is 0.777. The van der Waals surface area contributed by atoms with Crippen LogP contribution in [-0.4, -0.2) is 25.8 Å². The fraction of sp³-hybridized carbons (Fsp3) is 0.294. The highest BCUT2D eigenvalue weighted by Crippen LogP contribution is 2.37. The van der Waals surface area contributed by atoms with Crippen molar-refractivity contribution in [2.45, 2.75) is 24.3 Å². The van der Waals surface area contributed by atoms with Gasteiger partial charge < -0.3 is 4.55 Å². The maximum absolute atomic E-state index is 12.0. The van der Waals surface area contributed by atoms with E-state index in [9.17, 15) is 4.55 Å². The zero-order chi connectivity index (χ0) is 16.0. The van der Waals surface area contributed by atoms with Gasteiger partial charge in [0.05, 0.1) is 10.5 Å². The van der Waals surface area contributed by atoms with E-state index >= 15 is 0 Å². The molecule has 0 bridgehead atoms.